The van der Waals surface area contributed by atoms with Crippen molar-refractivity contribution in [2.75, 3.05) is 0 Å². The molecule has 0 nitrogen and oxygen atoms in total. The highest BCUT2D eigenvalue weighted by Crippen LogP contribution is 2.37. The summed E-state index contributed by atoms with van der Waals surface area (Å²) in [6.07, 6.45) is 0. The van der Waals surface area contributed by atoms with Gasteiger partial charge in [0.15, 0.2) is 0 Å². The Labute approximate surface area is 152 Å². The molecule has 0 N–H and O–H groups in total. The van der Waals surface area contributed by atoms with Gasteiger partial charge in [-0.15, -0.1) is 0 Å². The molecule has 0 heterocycles. The van der Waals surface area contributed by atoms with Gasteiger partial charge in [-0.25, -0.2) is 0 Å². The zero-order valence-electron chi connectivity index (χ0n) is 16.0. The maximum absolute atomic E-state index is 2.27. The molecule has 0 saturated carbocycles. The zero-order valence-corrected chi connectivity index (χ0v) is 16.0. The van der Waals surface area contributed by atoms with E-state index < -0.39 is 0 Å². The quantitative estimate of drug-likeness (QED) is 0.463. The van der Waals surface area contributed by atoms with Gasteiger partial charge in [0.05, 0.1) is 0 Å². The molecule has 0 aromatic heterocycles. The smallest absolute Gasteiger partial charge is 0.0146 e. The van der Waals surface area contributed by atoms with Crippen molar-refractivity contribution in [3.8, 4) is 22.3 Å². The van der Waals surface area contributed by atoms with Gasteiger partial charge in [0.1, 0.15) is 0 Å². The molecule has 0 fully saturated rings. The molecule has 0 bridgehead atoms. The molecule has 0 spiro atoms. The summed E-state index contributed by atoms with van der Waals surface area (Å²) in [5.41, 5.74) is 9.61. The van der Waals surface area contributed by atoms with Crippen molar-refractivity contribution < 1.29 is 0 Å². The Balaban J connectivity index is 2.21. The minimum absolute atomic E-state index is 0.516. The van der Waals surface area contributed by atoms with Crippen molar-refractivity contribution in [2.24, 2.45) is 0 Å². The second-order valence-corrected chi connectivity index (χ2v) is 7.46. The van der Waals surface area contributed by atoms with E-state index in [0.29, 0.717) is 11.8 Å². The number of benzene rings is 3. The minimum Gasteiger partial charge on any atom is -0.0619 e. The third-order valence-corrected chi connectivity index (χ3v) is 5.08. The average molecular weight is 328 g/mol. The van der Waals surface area contributed by atoms with Crippen LogP contribution in [0.4, 0.5) is 0 Å². The van der Waals surface area contributed by atoms with Gasteiger partial charge in [-0.3, -0.25) is 0 Å². The van der Waals surface area contributed by atoms with Crippen LogP contribution < -0.4 is 0 Å². The van der Waals surface area contributed by atoms with E-state index in [1.54, 1.807) is 0 Å². The first-order valence-corrected chi connectivity index (χ1v) is 9.29. The molecule has 128 valence electrons. The van der Waals surface area contributed by atoms with Crippen molar-refractivity contribution in [1.29, 1.82) is 0 Å². The monoisotopic (exact) mass is 328 g/mol. The number of hydrogen-bond donors (Lipinski definition) is 0. The first-order valence-electron chi connectivity index (χ1n) is 9.29. The average Bonchev–Trinajstić information content (AvgIpc) is 2.62. The highest BCUT2D eigenvalue weighted by atomic mass is 14.2. The summed E-state index contributed by atoms with van der Waals surface area (Å²) in [6, 6.07) is 24.3. The molecule has 0 saturated heterocycles. The third kappa shape index (κ3) is 3.39. The van der Waals surface area contributed by atoms with E-state index in [2.05, 4.69) is 101 Å². The fourth-order valence-electron chi connectivity index (χ4n) is 3.71. The number of rotatable bonds is 4. The molecular formula is C25H28. The molecule has 0 aliphatic heterocycles. The Hall–Kier alpha value is -2.34. The topological polar surface area (TPSA) is 0 Å². The molecule has 0 heteroatoms. The first-order chi connectivity index (χ1) is 12.0. The standard InChI is InChI=1S/C25H28/c1-17(2)20-11-6-8-13-24(20)22-15-10-16-23(19(22)5)25-14-9-7-12-21(25)18(3)4/h6-18H,1-5H3. The van der Waals surface area contributed by atoms with Crippen LogP contribution >= 0.6 is 0 Å². The van der Waals surface area contributed by atoms with Crippen LogP contribution in [0.3, 0.4) is 0 Å². The van der Waals surface area contributed by atoms with Crippen molar-refractivity contribution in [2.45, 2.75) is 46.5 Å². The van der Waals surface area contributed by atoms with E-state index in [-0.39, 0.29) is 0 Å². The van der Waals surface area contributed by atoms with Crippen LogP contribution in [0.5, 0.6) is 0 Å². The van der Waals surface area contributed by atoms with Crippen molar-refractivity contribution in [1.82, 2.24) is 0 Å². The Morgan fingerprint density at radius 3 is 1.24 bits per heavy atom. The summed E-state index contributed by atoms with van der Waals surface area (Å²) in [6.45, 7) is 11.3. The van der Waals surface area contributed by atoms with E-state index in [0.717, 1.165) is 0 Å². The normalized spacial score (nSPS) is 11.3. The summed E-state index contributed by atoms with van der Waals surface area (Å²) in [7, 11) is 0. The molecule has 0 unspecified atom stereocenters. The van der Waals surface area contributed by atoms with Gasteiger partial charge in [-0.2, -0.15) is 0 Å². The Bertz CT molecular complexity index is 799. The van der Waals surface area contributed by atoms with Gasteiger partial charge in [-0.05, 0) is 57.7 Å². The van der Waals surface area contributed by atoms with Crippen LogP contribution in [-0.4, -0.2) is 0 Å². The Kier molecular flexibility index (Phi) is 5.08. The predicted molar refractivity (Wildman–Crippen MR) is 110 cm³/mol. The molecule has 3 aromatic carbocycles. The van der Waals surface area contributed by atoms with E-state index in [1.165, 1.54) is 38.9 Å². The Morgan fingerprint density at radius 1 is 0.480 bits per heavy atom. The molecule has 0 radical (unpaired) electrons. The lowest BCUT2D eigenvalue weighted by molar-refractivity contribution is 0.868. The van der Waals surface area contributed by atoms with Crippen LogP contribution in [0.25, 0.3) is 22.3 Å². The van der Waals surface area contributed by atoms with Crippen LogP contribution in [0.15, 0.2) is 66.7 Å². The van der Waals surface area contributed by atoms with Crippen molar-refractivity contribution in [3.05, 3.63) is 83.4 Å². The SMILES string of the molecule is Cc1c(-c2ccccc2C(C)C)cccc1-c1ccccc1C(C)C. The summed E-state index contributed by atoms with van der Waals surface area (Å²) < 4.78 is 0. The van der Waals surface area contributed by atoms with Gasteiger partial charge < -0.3 is 0 Å². The highest BCUT2D eigenvalue weighted by Gasteiger charge is 2.15. The maximum Gasteiger partial charge on any atom is -0.0146 e. The van der Waals surface area contributed by atoms with E-state index in [4.69, 9.17) is 0 Å². The second-order valence-electron chi connectivity index (χ2n) is 7.46. The van der Waals surface area contributed by atoms with Gasteiger partial charge in [-0.1, -0.05) is 94.4 Å². The molecule has 3 rings (SSSR count). The Morgan fingerprint density at radius 2 is 0.840 bits per heavy atom. The van der Waals surface area contributed by atoms with Crippen LogP contribution in [0, 0.1) is 6.92 Å². The fraction of sp³-hybridized carbons (Fsp3) is 0.280. The summed E-state index contributed by atoms with van der Waals surface area (Å²) >= 11 is 0. The summed E-state index contributed by atoms with van der Waals surface area (Å²) in [5.74, 6) is 1.03. The van der Waals surface area contributed by atoms with Gasteiger partial charge in [0.2, 0.25) is 0 Å². The summed E-state index contributed by atoms with van der Waals surface area (Å²) in [4.78, 5) is 0. The predicted octanol–water partition coefficient (Wildman–Crippen LogP) is 7.58. The van der Waals surface area contributed by atoms with E-state index in [9.17, 15) is 0 Å². The minimum atomic E-state index is 0.516. The van der Waals surface area contributed by atoms with Crippen molar-refractivity contribution >= 4 is 0 Å². The third-order valence-electron chi connectivity index (χ3n) is 5.08. The van der Waals surface area contributed by atoms with Gasteiger partial charge >= 0.3 is 0 Å². The van der Waals surface area contributed by atoms with Crippen LogP contribution in [0.1, 0.15) is 56.2 Å². The summed E-state index contributed by atoms with van der Waals surface area (Å²) in [5, 5.41) is 0. The van der Waals surface area contributed by atoms with Crippen LogP contribution in [0.2, 0.25) is 0 Å². The number of hydrogen-bond acceptors (Lipinski definition) is 0. The van der Waals surface area contributed by atoms with Crippen LogP contribution in [-0.2, 0) is 0 Å². The molecule has 0 atom stereocenters. The molecule has 0 aliphatic rings. The molecule has 0 amide bonds. The van der Waals surface area contributed by atoms with Gasteiger partial charge in [0.25, 0.3) is 0 Å². The fourth-order valence-corrected chi connectivity index (χ4v) is 3.71. The van der Waals surface area contributed by atoms with E-state index in [1.807, 2.05) is 0 Å². The lowest BCUT2D eigenvalue weighted by atomic mass is 9.85. The lowest BCUT2D eigenvalue weighted by Crippen LogP contribution is -1.97. The largest absolute Gasteiger partial charge is 0.0619 e. The lowest BCUT2D eigenvalue weighted by Gasteiger charge is -2.19. The van der Waals surface area contributed by atoms with Crippen molar-refractivity contribution in [3.63, 3.8) is 0 Å². The second kappa shape index (κ2) is 7.27. The molecule has 3 aromatic rings. The van der Waals surface area contributed by atoms with Gasteiger partial charge in [0, 0.05) is 0 Å². The highest BCUT2D eigenvalue weighted by molar-refractivity contribution is 5.81. The molecular weight excluding hydrogens is 300 g/mol. The first kappa shape index (κ1) is 17.5. The zero-order chi connectivity index (χ0) is 18.0. The molecule has 0 aliphatic carbocycles. The maximum atomic E-state index is 2.27. The van der Waals surface area contributed by atoms with E-state index >= 15 is 0 Å². The molecule has 25 heavy (non-hydrogen) atoms.